The van der Waals surface area contributed by atoms with Crippen molar-refractivity contribution in [3.8, 4) is 0 Å². The Morgan fingerprint density at radius 1 is 1.21 bits per heavy atom. The maximum Gasteiger partial charge on any atom is 0.416 e. The molecule has 14 heavy (non-hydrogen) atoms. The summed E-state index contributed by atoms with van der Waals surface area (Å²) in [6.07, 6.45) is -3.01. The summed E-state index contributed by atoms with van der Waals surface area (Å²) in [7, 11) is 0. The van der Waals surface area contributed by atoms with Crippen LogP contribution in [0.5, 0.6) is 0 Å². The highest BCUT2D eigenvalue weighted by Crippen LogP contribution is 2.34. The van der Waals surface area contributed by atoms with E-state index in [2.05, 4.69) is 0 Å². The monoisotopic (exact) mass is 202 g/mol. The maximum absolute atomic E-state index is 12.6. The summed E-state index contributed by atoms with van der Waals surface area (Å²) < 4.78 is 37.9. The Balaban J connectivity index is 3.22. The quantitative estimate of drug-likeness (QED) is 0.680. The number of hydrogen-bond acceptors (Lipinski definition) is 0. The average Bonchev–Trinajstić information content (AvgIpc) is 2.02. The highest BCUT2D eigenvalue weighted by Gasteiger charge is 2.34. The van der Waals surface area contributed by atoms with Gasteiger partial charge in [-0.3, -0.25) is 0 Å². The fourth-order valence-corrected chi connectivity index (χ4v) is 1.61. The summed E-state index contributed by atoms with van der Waals surface area (Å²) in [5.74, 6) is 0. The summed E-state index contributed by atoms with van der Waals surface area (Å²) in [4.78, 5) is 0. The van der Waals surface area contributed by atoms with Gasteiger partial charge in [0.2, 0.25) is 0 Å². The van der Waals surface area contributed by atoms with Gasteiger partial charge in [0.15, 0.2) is 0 Å². The number of rotatable bonds is 2. The number of halogens is 3. The summed E-state index contributed by atoms with van der Waals surface area (Å²) in [5, 5.41) is 0. The van der Waals surface area contributed by atoms with E-state index >= 15 is 0 Å². The van der Waals surface area contributed by atoms with E-state index in [0.29, 0.717) is 17.5 Å². The molecule has 0 radical (unpaired) electrons. The third-order valence-corrected chi connectivity index (χ3v) is 2.16. The first kappa shape index (κ1) is 11.1. The van der Waals surface area contributed by atoms with Crippen LogP contribution >= 0.6 is 0 Å². The van der Waals surface area contributed by atoms with Crippen molar-refractivity contribution in [2.75, 3.05) is 0 Å². The predicted octanol–water partition coefficient (Wildman–Crippen LogP) is 3.97. The van der Waals surface area contributed by atoms with Gasteiger partial charge in [0.1, 0.15) is 0 Å². The number of alkyl halides is 3. The van der Waals surface area contributed by atoms with E-state index in [0.717, 1.165) is 6.42 Å². The van der Waals surface area contributed by atoms with Gasteiger partial charge in [-0.15, -0.1) is 0 Å². The number of benzene rings is 1. The molecule has 0 aliphatic heterocycles. The summed E-state index contributed by atoms with van der Waals surface area (Å²) in [6, 6.07) is 4.73. The molecular weight excluding hydrogens is 189 g/mol. The van der Waals surface area contributed by atoms with Crippen LogP contribution in [0.25, 0.3) is 0 Å². The minimum absolute atomic E-state index is 0.309. The molecule has 0 spiro atoms. The Labute approximate surface area is 81.8 Å². The molecule has 0 atom stereocenters. The van der Waals surface area contributed by atoms with Crippen LogP contribution < -0.4 is 0 Å². The maximum atomic E-state index is 12.6. The van der Waals surface area contributed by atoms with Gasteiger partial charge in [-0.05, 0) is 24.5 Å². The molecule has 3 heteroatoms. The smallest absolute Gasteiger partial charge is 0.166 e. The topological polar surface area (TPSA) is 0 Å². The Morgan fingerprint density at radius 2 is 1.86 bits per heavy atom. The normalized spacial score (nSPS) is 11.8. The second-order valence-corrected chi connectivity index (χ2v) is 3.36. The standard InChI is InChI=1S/C11H13F3/c1-3-5-9-7-4-6-8(2)10(9)11(12,13)14/h4,6-7H,3,5H2,1-2H3. The molecule has 0 unspecified atom stereocenters. The summed E-state index contributed by atoms with van der Waals surface area (Å²) in [6.45, 7) is 3.38. The van der Waals surface area contributed by atoms with Crippen molar-refractivity contribution < 1.29 is 13.2 Å². The number of aryl methyl sites for hydroxylation is 2. The number of hydrogen-bond donors (Lipinski definition) is 0. The van der Waals surface area contributed by atoms with Gasteiger partial charge >= 0.3 is 6.18 Å². The van der Waals surface area contributed by atoms with Crippen LogP contribution in [0, 0.1) is 6.92 Å². The van der Waals surface area contributed by atoms with Crippen LogP contribution in [0.1, 0.15) is 30.0 Å². The molecule has 0 nitrogen and oxygen atoms in total. The van der Waals surface area contributed by atoms with E-state index < -0.39 is 11.7 Å². The molecule has 1 rings (SSSR count). The first-order chi connectivity index (χ1) is 6.46. The molecule has 0 heterocycles. The van der Waals surface area contributed by atoms with Crippen LogP contribution in [-0.4, -0.2) is 0 Å². The van der Waals surface area contributed by atoms with Crippen LogP contribution in [0.2, 0.25) is 0 Å². The molecule has 0 N–H and O–H groups in total. The van der Waals surface area contributed by atoms with Crippen LogP contribution in [0.3, 0.4) is 0 Å². The molecular formula is C11H13F3. The lowest BCUT2D eigenvalue weighted by atomic mass is 9.98. The van der Waals surface area contributed by atoms with Gasteiger partial charge in [-0.2, -0.15) is 13.2 Å². The Kier molecular flexibility index (Phi) is 3.19. The van der Waals surface area contributed by atoms with Crippen molar-refractivity contribution in [3.05, 3.63) is 34.9 Å². The van der Waals surface area contributed by atoms with E-state index in [9.17, 15) is 13.2 Å². The van der Waals surface area contributed by atoms with Gasteiger partial charge in [-0.25, -0.2) is 0 Å². The molecule has 0 amide bonds. The zero-order valence-corrected chi connectivity index (χ0v) is 8.28. The van der Waals surface area contributed by atoms with Crippen molar-refractivity contribution in [2.45, 2.75) is 32.9 Å². The van der Waals surface area contributed by atoms with E-state index in [1.807, 2.05) is 6.92 Å². The van der Waals surface area contributed by atoms with Crippen LogP contribution in [0.15, 0.2) is 18.2 Å². The summed E-state index contributed by atoms with van der Waals surface area (Å²) in [5.41, 5.74) is 0.255. The SMILES string of the molecule is CCCc1cccc(C)c1C(F)(F)F. The third kappa shape index (κ3) is 2.28. The Hall–Kier alpha value is -0.990. The lowest BCUT2D eigenvalue weighted by molar-refractivity contribution is -0.138. The van der Waals surface area contributed by atoms with Crippen molar-refractivity contribution in [2.24, 2.45) is 0 Å². The zero-order chi connectivity index (χ0) is 10.8. The minimum Gasteiger partial charge on any atom is -0.166 e. The van der Waals surface area contributed by atoms with Crippen molar-refractivity contribution in [3.63, 3.8) is 0 Å². The van der Waals surface area contributed by atoms with Gasteiger partial charge in [-0.1, -0.05) is 31.5 Å². The molecule has 78 valence electrons. The van der Waals surface area contributed by atoms with E-state index in [-0.39, 0.29) is 0 Å². The van der Waals surface area contributed by atoms with Gasteiger partial charge in [0, 0.05) is 0 Å². The molecule has 0 saturated heterocycles. The molecule has 1 aromatic carbocycles. The van der Waals surface area contributed by atoms with Crippen molar-refractivity contribution >= 4 is 0 Å². The van der Waals surface area contributed by atoms with Gasteiger partial charge in [0.25, 0.3) is 0 Å². The van der Waals surface area contributed by atoms with Crippen molar-refractivity contribution in [1.29, 1.82) is 0 Å². The lowest BCUT2D eigenvalue weighted by Gasteiger charge is -2.14. The minimum atomic E-state index is -4.23. The molecule has 0 bridgehead atoms. The van der Waals surface area contributed by atoms with Crippen LogP contribution in [0.4, 0.5) is 13.2 Å². The highest BCUT2D eigenvalue weighted by atomic mass is 19.4. The molecule has 0 aliphatic carbocycles. The van der Waals surface area contributed by atoms with E-state index in [1.165, 1.54) is 13.0 Å². The Bertz CT molecular complexity index is 313. The van der Waals surface area contributed by atoms with E-state index in [4.69, 9.17) is 0 Å². The lowest BCUT2D eigenvalue weighted by Crippen LogP contribution is -2.11. The second kappa shape index (κ2) is 4.03. The third-order valence-electron chi connectivity index (χ3n) is 2.16. The van der Waals surface area contributed by atoms with Crippen molar-refractivity contribution in [1.82, 2.24) is 0 Å². The fourth-order valence-electron chi connectivity index (χ4n) is 1.61. The average molecular weight is 202 g/mol. The molecule has 0 aliphatic rings. The largest absolute Gasteiger partial charge is 0.416 e. The zero-order valence-electron chi connectivity index (χ0n) is 8.28. The molecule has 0 fully saturated rings. The summed E-state index contributed by atoms with van der Waals surface area (Å²) >= 11 is 0. The first-order valence-corrected chi connectivity index (χ1v) is 4.62. The molecule has 0 aromatic heterocycles. The first-order valence-electron chi connectivity index (χ1n) is 4.62. The Morgan fingerprint density at radius 3 is 2.36 bits per heavy atom. The van der Waals surface area contributed by atoms with E-state index in [1.54, 1.807) is 12.1 Å². The molecule has 1 aromatic rings. The van der Waals surface area contributed by atoms with Gasteiger partial charge < -0.3 is 0 Å². The van der Waals surface area contributed by atoms with Gasteiger partial charge in [0.05, 0.1) is 5.56 Å². The predicted molar refractivity (Wildman–Crippen MR) is 50.2 cm³/mol. The van der Waals surface area contributed by atoms with Crippen LogP contribution in [-0.2, 0) is 12.6 Å². The second-order valence-electron chi connectivity index (χ2n) is 3.36. The fraction of sp³-hybridized carbons (Fsp3) is 0.455. The highest BCUT2D eigenvalue weighted by molar-refractivity contribution is 5.36. The molecule has 0 saturated carbocycles.